The molecule has 2 aliphatic rings. The molecule has 19 heavy (non-hydrogen) atoms. The van der Waals surface area contributed by atoms with Crippen LogP contribution in [0.2, 0.25) is 0 Å². The van der Waals surface area contributed by atoms with E-state index < -0.39 is 0 Å². The SMILES string of the molecule is CN1CCSC2CCCc3nc4ccccc4c1c32. The van der Waals surface area contributed by atoms with Gasteiger partial charge in [-0.15, -0.1) is 0 Å². The maximum absolute atomic E-state index is 4.94. The number of hydrogen-bond donors (Lipinski definition) is 0. The summed E-state index contributed by atoms with van der Waals surface area (Å²) in [5, 5.41) is 2.00. The number of rotatable bonds is 0. The summed E-state index contributed by atoms with van der Waals surface area (Å²) in [6.07, 6.45) is 3.76. The zero-order chi connectivity index (χ0) is 12.8. The zero-order valence-electron chi connectivity index (χ0n) is 11.2. The van der Waals surface area contributed by atoms with Crippen molar-refractivity contribution in [3.8, 4) is 0 Å². The van der Waals surface area contributed by atoms with Crippen LogP contribution in [0, 0.1) is 0 Å². The molecule has 1 atom stereocenters. The molecule has 0 saturated carbocycles. The van der Waals surface area contributed by atoms with Crippen LogP contribution in [-0.4, -0.2) is 24.3 Å². The van der Waals surface area contributed by atoms with Gasteiger partial charge in [0.2, 0.25) is 0 Å². The van der Waals surface area contributed by atoms with Gasteiger partial charge >= 0.3 is 0 Å². The Balaban J connectivity index is 2.09. The molecule has 4 rings (SSSR count). The summed E-state index contributed by atoms with van der Waals surface area (Å²) in [6.45, 7) is 1.14. The molecule has 0 N–H and O–H groups in total. The largest absolute Gasteiger partial charge is 0.373 e. The fraction of sp³-hybridized carbons (Fsp3) is 0.438. The maximum atomic E-state index is 4.94. The number of para-hydroxylation sites is 1. The van der Waals surface area contributed by atoms with Gasteiger partial charge in [0.25, 0.3) is 0 Å². The number of fused-ring (bicyclic) bond motifs is 2. The smallest absolute Gasteiger partial charge is 0.0726 e. The van der Waals surface area contributed by atoms with Crippen LogP contribution >= 0.6 is 11.8 Å². The summed E-state index contributed by atoms with van der Waals surface area (Å²) in [6, 6.07) is 8.62. The molecule has 0 radical (unpaired) electrons. The van der Waals surface area contributed by atoms with Crippen LogP contribution in [0.3, 0.4) is 0 Å². The van der Waals surface area contributed by atoms with E-state index >= 15 is 0 Å². The highest BCUT2D eigenvalue weighted by Crippen LogP contribution is 2.47. The molecule has 2 aromatic rings. The van der Waals surface area contributed by atoms with Gasteiger partial charge in [0, 0.05) is 41.2 Å². The zero-order valence-corrected chi connectivity index (χ0v) is 12.0. The highest BCUT2D eigenvalue weighted by atomic mass is 32.2. The Morgan fingerprint density at radius 3 is 3.16 bits per heavy atom. The third-order valence-corrected chi connectivity index (χ3v) is 5.60. The van der Waals surface area contributed by atoms with Gasteiger partial charge in [-0.25, -0.2) is 0 Å². The van der Waals surface area contributed by atoms with Crippen molar-refractivity contribution in [1.82, 2.24) is 4.98 Å². The number of hydrogen-bond acceptors (Lipinski definition) is 3. The molecular formula is C16H18N2S. The van der Waals surface area contributed by atoms with E-state index in [9.17, 15) is 0 Å². The van der Waals surface area contributed by atoms with Crippen molar-refractivity contribution in [2.24, 2.45) is 0 Å². The molecule has 0 saturated heterocycles. The molecule has 1 aliphatic carbocycles. The Labute approximate surface area is 118 Å². The van der Waals surface area contributed by atoms with Gasteiger partial charge in [-0.2, -0.15) is 11.8 Å². The molecule has 1 aliphatic heterocycles. The Kier molecular flexibility index (Phi) is 2.69. The van der Waals surface area contributed by atoms with E-state index in [1.807, 2.05) is 0 Å². The quantitative estimate of drug-likeness (QED) is 0.724. The van der Waals surface area contributed by atoms with E-state index in [-0.39, 0.29) is 0 Å². The summed E-state index contributed by atoms with van der Waals surface area (Å²) >= 11 is 2.12. The van der Waals surface area contributed by atoms with E-state index in [1.165, 1.54) is 40.9 Å². The molecule has 0 fully saturated rings. The minimum absolute atomic E-state index is 0.667. The molecular weight excluding hydrogens is 252 g/mol. The molecule has 1 unspecified atom stereocenters. The Morgan fingerprint density at radius 1 is 1.32 bits per heavy atom. The molecule has 1 aromatic carbocycles. The molecule has 0 bridgehead atoms. The van der Waals surface area contributed by atoms with Gasteiger partial charge < -0.3 is 4.90 Å². The topological polar surface area (TPSA) is 16.1 Å². The van der Waals surface area contributed by atoms with Crippen molar-refractivity contribution in [1.29, 1.82) is 0 Å². The second kappa shape index (κ2) is 4.41. The van der Waals surface area contributed by atoms with E-state index in [4.69, 9.17) is 4.98 Å². The van der Waals surface area contributed by atoms with Crippen molar-refractivity contribution in [2.45, 2.75) is 24.5 Å². The number of benzene rings is 1. The van der Waals surface area contributed by atoms with Crippen LogP contribution in [0.25, 0.3) is 10.9 Å². The lowest BCUT2D eigenvalue weighted by molar-refractivity contribution is 0.661. The Morgan fingerprint density at radius 2 is 2.21 bits per heavy atom. The van der Waals surface area contributed by atoms with Crippen molar-refractivity contribution < 1.29 is 0 Å². The van der Waals surface area contributed by atoms with Crippen LogP contribution in [-0.2, 0) is 6.42 Å². The van der Waals surface area contributed by atoms with Gasteiger partial charge in [-0.05, 0) is 25.3 Å². The second-order valence-corrected chi connectivity index (χ2v) is 6.82. The van der Waals surface area contributed by atoms with Crippen LogP contribution in [0.15, 0.2) is 24.3 Å². The van der Waals surface area contributed by atoms with E-state index in [1.54, 1.807) is 0 Å². The monoisotopic (exact) mass is 270 g/mol. The number of aryl methyl sites for hydroxylation is 1. The summed E-state index contributed by atoms with van der Waals surface area (Å²) in [5.74, 6) is 1.23. The maximum Gasteiger partial charge on any atom is 0.0726 e. The summed E-state index contributed by atoms with van der Waals surface area (Å²) in [5.41, 5.74) is 5.51. The van der Waals surface area contributed by atoms with Gasteiger partial charge in [0.1, 0.15) is 0 Å². The number of aromatic nitrogens is 1. The van der Waals surface area contributed by atoms with Crippen molar-refractivity contribution in [3.05, 3.63) is 35.5 Å². The van der Waals surface area contributed by atoms with E-state index in [0.717, 1.165) is 18.5 Å². The van der Waals surface area contributed by atoms with Crippen LogP contribution < -0.4 is 4.90 Å². The predicted octanol–water partition coefficient (Wildman–Crippen LogP) is 3.80. The lowest BCUT2D eigenvalue weighted by Crippen LogP contribution is -2.21. The average Bonchev–Trinajstić information content (AvgIpc) is 2.60. The molecule has 0 amide bonds. The van der Waals surface area contributed by atoms with E-state index in [0.29, 0.717) is 5.25 Å². The average molecular weight is 270 g/mol. The first-order chi connectivity index (χ1) is 9.34. The van der Waals surface area contributed by atoms with Gasteiger partial charge in [-0.3, -0.25) is 4.98 Å². The number of thioether (sulfide) groups is 1. The van der Waals surface area contributed by atoms with Crippen molar-refractivity contribution >= 4 is 28.4 Å². The van der Waals surface area contributed by atoms with Gasteiger partial charge in [-0.1, -0.05) is 18.2 Å². The third kappa shape index (κ3) is 1.75. The normalized spacial score (nSPS) is 22.2. The Hall–Kier alpha value is -1.22. The first kappa shape index (κ1) is 11.6. The third-order valence-electron chi connectivity index (χ3n) is 4.31. The molecule has 98 valence electrons. The highest BCUT2D eigenvalue weighted by molar-refractivity contribution is 7.99. The van der Waals surface area contributed by atoms with E-state index in [2.05, 4.69) is 48.0 Å². The number of anilines is 1. The number of pyridine rings is 1. The fourth-order valence-corrected chi connectivity index (χ4v) is 4.82. The molecule has 1 aromatic heterocycles. The van der Waals surface area contributed by atoms with Crippen LogP contribution in [0.4, 0.5) is 5.69 Å². The summed E-state index contributed by atoms with van der Waals surface area (Å²) in [7, 11) is 2.24. The van der Waals surface area contributed by atoms with Crippen molar-refractivity contribution in [2.75, 3.05) is 24.2 Å². The first-order valence-electron chi connectivity index (χ1n) is 7.09. The summed E-state index contributed by atoms with van der Waals surface area (Å²) < 4.78 is 0. The predicted molar refractivity (Wildman–Crippen MR) is 83.2 cm³/mol. The minimum atomic E-state index is 0.667. The lowest BCUT2D eigenvalue weighted by atomic mass is 9.92. The van der Waals surface area contributed by atoms with Crippen LogP contribution in [0.5, 0.6) is 0 Å². The van der Waals surface area contributed by atoms with Crippen molar-refractivity contribution in [3.63, 3.8) is 0 Å². The Bertz CT molecular complexity index is 638. The molecule has 2 heterocycles. The molecule has 3 heteroatoms. The lowest BCUT2D eigenvalue weighted by Gasteiger charge is -2.28. The minimum Gasteiger partial charge on any atom is -0.373 e. The summed E-state index contributed by atoms with van der Waals surface area (Å²) in [4.78, 5) is 7.39. The number of nitrogens with zero attached hydrogens (tertiary/aromatic N) is 2. The fourth-order valence-electron chi connectivity index (χ4n) is 3.41. The van der Waals surface area contributed by atoms with Crippen LogP contribution in [0.1, 0.15) is 29.3 Å². The molecule has 0 spiro atoms. The second-order valence-electron chi connectivity index (χ2n) is 5.51. The van der Waals surface area contributed by atoms with Gasteiger partial charge in [0.05, 0.1) is 11.2 Å². The van der Waals surface area contributed by atoms with Gasteiger partial charge in [0.15, 0.2) is 0 Å². The highest BCUT2D eigenvalue weighted by Gasteiger charge is 2.30. The first-order valence-corrected chi connectivity index (χ1v) is 8.14. The molecule has 2 nitrogen and oxygen atoms in total. The standard InChI is InChI=1S/C16H18N2S/c1-18-9-10-19-14-8-4-7-13-15(14)16(18)11-5-2-3-6-12(11)17-13/h2-3,5-6,14H,4,7-10H2,1H3.